The van der Waals surface area contributed by atoms with Gasteiger partial charge in [0.15, 0.2) is 14.9 Å². The van der Waals surface area contributed by atoms with Gasteiger partial charge in [-0.15, -0.1) is 0 Å². The van der Waals surface area contributed by atoms with Gasteiger partial charge in [0.1, 0.15) is 17.1 Å². The summed E-state index contributed by atoms with van der Waals surface area (Å²) >= 11 is 0. The van der Waals surface area contributed by atoms with E-state index in [9.17, 15) is 14.0 Å². The van der Waals surface area contributed by atoms with Gasteiger partial charge in [0.25, 0.3) is 5.91 Å². The first-order chi connectivity index (χ1) is 16.0. The number of nitrogens with zero attached hydrogens (tertiary/aromatic N) is 2. The zero-order valence-corrected chi connectivity index (χ0v) is 23.3. The fraction of sp³-hybridized carbons (Fsp3) is 0.720. The highest BCUT2D eigenvalue weighted by Gasteiger charge is 2.45. The van der Waals surface area contributed by atoms with Crippen LogP contribution in [0.1, 0.15) is 67.2 Å². The van der Waals surface area contributed by atoms with Crippen molar-refractivity contribution in [3.05, 3.63) is 18.1 Å². The molecule has 2 amide bonds. The molecule has 196 valence electrons. The summed E-state index contributed by atoms with van der Waals surface area (Å²) in [5, 5.41) is 3.14. The third kappa shape index (κ3) is 6.52. The predicted molar refractivity (Wildman–Crippen MR) is 135 cm³/mol. The Morgan fingerprint density at radius 3 is 2.46 bits per heavy atom. The molecule has 0 bridgehead atoms. The van der Waals surface area contributed by atoms with E-state index in [1.807, 2.05) is 20.8 Å². The van der Waals surface area contributed by atoms with E-state index in [1.165, 1.54) is 6.07 Å². The van der Waals surface area contributed by atoms with E-state index in [4.69, 9.17) is 13.9 Å². The van der Waals surface area contributed by atoms with Crippen molar-refractivity contribution in [3.8, 4) is 5.88 Å². The maximum atomic E-state index is 13.9. The van der Waals surface area contributed by atoms with Crippen LogP contribution >= 0.6 is 0 Å². The van der Waals surface area contributed by atoms with E-state index in [2.05, 4.69) is 44.2 Å². The number of alkyl carbamates (subject to hydrolysis) is 1. The molecule has 0 atom stereocenters. The van der Waals surface area contributed by atoms with E-state index < -0.39 is 31.4 Å². The Labute approximate surface area is 209 Å². The number of amides is 2. The van der Waals surface area contributed by atoms with Crippen molar-refractivity contribution in [1.29, 1.82) is 0 Å². The van der Waals surface area contributed by atoms with E-state index in [-0.39, 0.29) is 29.5 Å². The van der Waals surface area contributed by atoms with Crippen LogP contribution in [0.2, 0.25) is 18.1 Å². The van der Waals surface area contributed by atoms with Gasteiger partial charge in [-0.05, 0) is 64.6 Å². The number of ether oxygens (including phenoxy) is 2. The smallest absolute Gasteiger partial charge is 0.408 e. The maximum Gasteiger partial charge on any atom is 0.408 e. The second-order valence-electron chi connectivity index (χ2n) is 12.2. The van der Waals surface area contributed by atoms with Crippen LogP contribution in [0.15, 0.2) is 12.3 Å². The number of hydrogen-bond acceptors (Lipinski definition) is 6. The van der Waals surface area contributed by atoms with Crippen LogP contribution in [0.25, 0.3) is 0 Å². The molecule has 1 fully saturated rings. The lowest BCUT2D eigenvalue weighted by atomic mass is 9.79. The number of aromatic nitrogens is 1. The summed E-state index contributed by atoms with van der Waals surface area (Å²) in [6.07, 6.45) is 3.01. The summed E-state index contributed by atoms with van der Waals surface area (Å²) < 4.78 is 31.5. The highest BCUT2D eigenvalue weighted by Crippen LogP contribution is 2.41. The van der Waals surface area contributed by atoms with Crippen LogP contribution in [-0.2, 0) is 14.0 Å². The lowest BCUT2D eigenvalue weighted by Crippen LogP contribution is -2.59. The number of carbonyl (C=O) groups is 2. The number of halogens is 1. The Morgan fingerprint density at radius 1 is 1.26 bits per heavy atom. The minimum absolute atomic E-state index is 0.0261. The van der Waals surface area contributed by atoms with Gasteiger partial charge < -0.3 is 24.1 Å². The second-order valence-corrected chi connectivity index (χ2v) is 17.0. The third-order valence-corrected chi connectivity index (χ3v) is 11.7. The van der Waals surface area contributed by atoms with Gasteiger partial charge in [0.2, 0.25) is 5.88 Å². The zero-order chi connectivity index (χ0) is 26.2. The molecule has 0 unspecified atom stereocenters. The van der Waals surface area contributed by atoms with Gasteiger partial charge in [0, 0.05) is 12.1 Å². The molecule has 2 heterocycles. The SMILES string of the molecule is CC(C)(C)OC(=O)NC1(CO[Si](C)(C)C(C)(C)C)CCC(N2C(=O)COc3ncc(F)cc32)CC1. The molecule has 0 aromatic carbocycles. The molecule has 1 saturated carbocycles. The summed E-state index contributed by atoms with van der Waals surface area (Å²) in [7, 11) is -2.07. The number of pyridine rings is 1. The number of nitrogens with one attached hydrogen (secondary N) is 1. The van der Waals surface area contributed by atoms with Gasteiger partial charge in [-0.3, -0.25) is 4.79 Å². The molecular weight excluding hydrogens is 469 g/mol. The van der Waals surface area contributed by atoms with Gasteiger partial charge in [-0.1, -0.05) is 20.8 Å². The van der Waals surface area contributed by atoms with Gasteiger partial charge in [0.05, 0.1) is 18.3 Å². The third-order valence-electron chi connectivity index (χ3n) is 7.22. The van der Waals surface area contributed by atoms with Crippen molar-refractivity contribution in [2.45, 2.75) is 103 Å². The van der Waals surface area contributed by atoms with E-state index in [1.54, 1.807) is 4.90 Å². The summed E-state index contributed by atoms with van der Waals surface area (Å²) in [5.74, 6) is -0.484. The Bertz CT molecular complexity index is 949. The summed E-state index contributed by atoms with van der Waals surface area (Å²) in [5.41, 5.74) is -0.882. The molecule has 1 N–H and O–H groups in total. The average Bonchev–Trinajstić information content (AvgIpc) is 2.71. The topological polar surface area (TPSA) is 90.0 Å². The fourth-order valence-corrected chi connectivity index (χ4v) is 5.28. The molecule has 0 saturated heterocycles. The number of rotatable bonds is 5. The van der Waals surface area contributed by atoms with Crippen molar-refractivity contribution in [3.63, 3.8) is 0 Å². The minimum atomic E-state index is -2.07. The average molecular weight is 510 g/mol. The number of fused-ring (bicyclic) bond motifs is 1. The normalized spacial score (nSPS) is 23.4. The first kappa shape index (κ1) is 27.4. The predicted octanol–water partition coefficient (Wildman–Crippen LogP) is 5.17. The Kier molecular flexibility index (Phi) is 7.58. The molecule has 1 aliphatic carbocycles. The van der Waals surface area contributed by atoms with Gasteiger partial charge in [-0.25, -0.2) is 14.2 Å². The van der Waals surface area contributed by atoms with Crippen LogP contribution < -0.4 is 15.0 Å². The van der Waals surface area contributed by atoms with Crippen molar-refractivity contribution in [1.82, 2.24) is 10.3 Å². The summed E-state index contributed by atoms with van der Waals surface area (Å²) in [4.78, 5) is 31.2. The molecule has 2 aliphatic rings. The lowest BCUT2D eigenvalue weighted by molar-refractivity contribution is -0.122. The molecule has 3 rings (SSSR count). The van der Waals surface area contributed by atoms with Gasteiger partial charge >= 0.3 is 6.09 Å². The highest BCUT2D eigenvalue weighted by atomic mass is 28.4. The Morgan fingerprint density at radius 2 is 1.89 bits per heavy atom. The Balaban J connectivity index is 1.80. The molecular formula is C25H40FN3O5Si. The highest BCUT2D eigenvalue weighted by molar-refractivity contribution is 6.74. The summed E-state index contributed by atoms with van der Waals surface area (Å²) in [6.45, 7) is 16.6. The van der Waals surface area contributed by atoms with E-state index in [0.29, 0.717) is 38.0 Å². The van der Waals surface area contributed by atoms with Crippen molar-refractivity contribution in [2.24, 2.45) is 0 Å². The maximum absolute atomic E-state index is 13.9. The molecule has 8 nitrogen and oxygen atoms in total. The number of hydrogen-bond donors (Lipinski definition) is 1. The molecule has 1 aliphatic heterocycles. The quantitative estimate of drug-likeness (QED) is 0.551. The molecule has 1 aromatic rings. The fourth-order valence-electron chi connectivity index (χ4n) is 4.21. The van der Waals surface area contributed by atoms with Crippen LogP contribution in [-0.4, -0.2) is 55.7 Å². The molecule has 10 heteroatoms. The number of carbonyl (C=O) groups excluding carboxylic acids is 2. The van der Waals surface area contributed by atoms with Crippen LogP contribution in [0.5, 0.6) is 5.88 Å². The van der Waals surface area contributed by atoms with Crippen LogP contribution in [0.3, 0.4) is 0 Å². The van der Waals surface area contributed by atoms with Crippen molar-refractivity contribution >= 4 is 26.0 Å². The second kappa shape index (κ2) is 9.69. The Hall–Kier alpha value is -2.20. The molecule has 0 radical (unpaired) electrons. The molecule has 1 aromatic heterocycles. The minimum Gasteiger partial charge on any atom is -0.466 e. The zero-order valence-electron chi connectivity index (χ0n) is 22.3. The van der Waals surface area contributed by atoms with Crippen LogP contribution in [0.4, 0.5) is 14.9 Å². The molecule has 35 heavy (non-hydrogen) atoms. The molecule has 0 spiro atoms. The number of anilines is 1. The first-order valence-corrected chi connectivity index (χ1v) is 15.2. The van der Waals surface area contributed by atoms with Crippen molar-refractivity contribution in [2.75, 3.05) is 18.1 Å². The van der Waals surface area contributed by atoms with Gasteiger partial charge in [-0.2, -0.15) is 0 Å². The lowest BCUT2D eigenvalue weighted by Gasteiger charge is -2.46. The largest absolute Gasteiger partial charge is 0.466 e. The standard InChI is InChI=1S/C25H40FN3O5Si/c1-23(2,3)34-22(31)28-25(16-33-35(7,8)24(4,5)6)11-9-18(10-12-25)29-19-13-17(26)14-27-21(19)32-15-20(29)30/h13-14,18H,9-12,15-16H2,1-8H3,(H,28,31). The van der Waals surface area contributed by atoms with Crippen molar-refractivity contribution < 1.29 is 27.9 Å². The van der Waals surface area contributed by atoms with Crippen LogP contribution in [0, 0.1) is 5.82 Å². The van der Waals surface area contributed by atoms with E-state index >= 15 is 0 Å². The first-order valence-electron chi connectivity index (χ1n) is 12.3. The monoisotopic (exact) mass is 509 g/mol. The van der Waals surface area contributed by atoms with E-state index in [0.717, 1.165) is 6.20 Å². The summed E-state index contributed by atoms with van der Waals surface area (Å²) in [6, 6.07) is 1.14.